The summed E-state index contributed by atoms with van der Waals surface area (Å²) >= 11 is 0. The number of benzene rings is 1. The van der Waals surface area contributed by atoms with Gasteiger partial charge in [-0.25, -0.2) is 9.59 Å². The molecule has 0 unspecified atom stereocenters. The molecule has 0 fully saturated rings. The third-order valence-corrected chi connectivity index (χ3v) is 3.26. The lowest BCUT2D eigenvalue weighted by atomic mass is 9.96. The van der Waals surface area contributed by atoms with E-state index in [1.165, 1.54) is 0 Å². The topological polar surface area (TPSA) is 52.6 Å². The minimum atomic E-state index is -0.624. The predicted molar refractivity (Wildman–Crippen MR) is 85.5 cm³/mol. The average Bonchev–Trinajstić information content (AvgIpc) is 2.51. The number of hydrogen-bond acceptors (Lipinski definition) is 4. The fourth-order valence-electron chi connectivity index (χ4n) is 2.24. The Bertz CT molecular complexity index is 546. The number of esters is 2. The number of ether oxygens (including phenoxy) is 2. The van der Waals surface area contributed by atoms with Crippen LogP contribution in [0.3, 0.4) is 0 Å². The Morgan fingerprint density at radius 2 is 1.73 bits per heavy atom. The van der Waals surface area contributed by atoms with Gasteiger partial charge in [-0.2, -0.15) is 0 Å². The van der Waals surface area contributed by atoms with Crippen molar-refractivity contribution in [1.82, 2.24) is 0 Å². The van der Waals surface area contributed by atoms with Gasteiger partial charge in [-0.05, 0) is 24.5 Å². The van der Waals surface area contributed by atoms with Crippen LogP contribution in [-0.4, -0.2) is 11.9 Å². The monoisotopic (exact) mass is 302 g/mol. The third-order valence-electron chi connectivity index (χ3n) is 3.26. The first kappa shape index (κ1) is 17.7. The normalized spacial score (nSPS) is 9.86. The molecule has 0 aliphatic rings. The van der Waals surface area contributed by atoms with Crippen molar-refractivity contribution in [2.24, 2.45) is 0 Å². The highest BCUT2D eigenvalue weighted by Gasteiger charge is 2.22. The number of aryl methyl sites for hydroxylation is 1. The molecule has 0 aliphatic carbocycles. The molecule has 1 rings (SSSR count). The highest BCUT2D eigenvalue weighted by atomic mass is 16.5. The summed E-state index contributed by atoms with van der Waals surface area (Å²) < 4.78 is 9.64. The Hall–Kier alpha value is -2.36. The standard InChI is InChI=1S/C18H22O4/c1-4-7-8-9-11-14-12-10-13-15(17(19)21-5-2)16(14)18(20)22-6-3/h5-6,10,12-13H,2-4,7-9,11H2,1H3. The van der Waals surface area contributed by atoms with E-state index < -0.39 is 11.9 Å². The number of carbonyl (C=O) groups is 2. The molecule has 22 heavy (non-hydrogen) atoms. The van der Waals surface area contributed by atoms with Gasteiger partial charge < -0.3 is 9.47 Å². The average molecular weight is 302 g/mol. The number of unbranched alkanes of at least 4 members (excludes halogenated alkanes) is 3. The van der Waals surface area contributed by atoms with Crippen molar-refractivity contribution in [2.45, 2.75) is 39.0 Å². The molecule has 1 aromatic carbocycles. The van der Waals surface area contributed by atoms with Crippen LogP contribution >= 0.6 is 0 Å². The van der Waals surface area contributed by atoms with Crippen LogP contribution in [0.25, 0.3) is 0 Å². The molecule has 0 aromatic heterocycles. The molecular weight excluding hydrogens is 280 g/mol. The van der Waals surface area contributed by atoms with Crippen LogP contribution in [0.4, 0.5) is 0 Å². The van der Waals surface area contributed by atoms with Crippen LogP contribution in [-0.2, 0) is 15.9 Å². The molecule has 0 aliphatic heterocycles. The van der Waals surface area contributed by atoms with Gasteiger partial charge in [-0.1, -0.05) is 51.5 Å². The molecule has 0 N–H and O–H groups in total. The Balaban J connectivity index is 3.10. The fraction of sp³-hybridized carbons (Fsp3) is 0.333. The third kappa shape index (κ3) is 4.88. The summed E-state index contributed by atoms with van der Waals surface area (Å²) in [6, 6.07) is 5.11. The van der Waals surface area contributed by atoms with E-state index in [1.807, 2.05) is 6.07 Å². The van der Waals surface area contributed by atoms with Crippen LogP contribution in [0.1, 0.15) is 58.9 Å². The van der Waals surface area contributed by atoms with E-state index in [2.05, 4.69) is 20.1 Å². The fourth-order valence-corrected chi connectivity index (χ4v) is 2.24. The smallest absolute Gasteiger partial charge is 0.344 e. The van der Waals surface area contributed by atoms with Gasteiger partial charge in [-0.3, -0.25) is 0 Å². The molecule has 0 spiro atoms. The van der Waals surface area contributed by atoms with Crippen molar-refractivity contribution in [3.63, 3.8) is 0 Å². The van der Waals surface area contributed by atoms with Gasteiger partial charge in [0.1, 0.15) is 0 Å². The van der Waals surface area contributed by atoms with E-state index in [0.29, 0.717) is 6.42 Å². The maximum atomic E-state index is 12.2. The first-order chi connectivity index (χ1) is 10.7. The van der Waals surface area contributed by atoms with Crippen molar-refractivity contribution in [3.8, 4) is 0 Å². The summed E-state index contributed by atoms with van der Waals surface area (Å²) in [5, 5.41) is 0. The second-order valence-electron chi connectivity index (χ2n) is 4.79. The van der Waals surface area contributed by atoms with Crippen molar-refractivity contribution < 1.29 is 19.1 Å². The Morgan fingerprint density at radius 1 is 1.05 bits per heavy atom. The largest absolute Gasteiger partial charge is 0.432 e. The van der Waals surface area contributed by atoms with E-state index in [-0.39, 0.29) is 11.1 Å². The van der Waals surface area contributed by atoms with Crippen molar-refractivity contribution in [2.75, 3.05) is 0 Å². The highest BCUT2D eigenvalue weighted by molar-refractivity contribution is 6.04. The lowest BCUT2D eigenvalue weighted by molar-refractivity contribution is 0.0618. The van der Waals surface area contributed by atoms with E-state index in [9.17, 15) is 9.59 Å². The number of rotatable bonds is 9. The first-order valence-corrected chi connectivity index (χ1v) is 7.41. The minimum Gasteiger partial charge on any atom is -0.432 e. The molecule has 0 bridgehead atoms. The van der Waals surface area contributed by atoms with Crippen LogP contribution in [0, 0.1) is 0 Å². The quantitative estimate of drug-likeness (QED) is 0.385. The molecule has 0 heterocycles. The molecule has 1 aromatic rings. The summed E-state index contributed by atoms with van der Waals surface area (Å²) in [5.41, 5.74) is 1.20. The summed E-state index contributed by atoms with van der Waals surface area (Å²) in [4.78, 5) is 24.1. The van der Waals surface area contributed by atoms with Crippen molar-refractivity contribution in [1.29, 1.82) is 0 Å². The van der Waals surface area contributed by atoms with E-state index in [4.69, 9.17) is 9.47 Å². The Kier molecular flexibility index (Phi) is 7.68. The summed E-state index contributed by atoms with van der Waals surface area (Å²) in [5.74, 6) is -1.22. The van der Waals surface area contributed by atoms with Crippen LogP contribution < -0.4 is 0 Å². The zero-order chi connectivity index (χ0) is 16.4. The Morgan fingerprint density at radius 3 is 2.36 bits per heavy atom. The number of carbonyl (C=O) groups excluding carboxylic acids is 2. The van der Waals surface area contributed by atoms with Gasteiger partial charge in [-0.15, -0.1) is 0 Å². The molecule has 4 heteroatoms. The van der Waals surface area contributed by atoms with Gasteiger partial charge in [0.2, 0.25) is 0 Å². The molecule has 4 nitrogen and oxygen atoms in total. The lowest BCUT2D eigenvalue weighted by Gasteiger charge is -2.12. The van der Waals surface area contributed by atoms with Crippen LogP contribution in [0.15, 0.2) is 43.9 Å². The summed E-state index contributed by atoms with van der Waals surface area (Å²) in [6.07, 6.45) is 7.10. The second-order valence-corrected chi connectivity index (χ2v) is 4.79. The molecule has 0 atom stereocenters. The van der Waals surface area contributed by atoms with E-state index in [1.54, 1.807) is 12.1 Å². The zero-order valence-corrected chi connectivity index (χ0v) is 13.0. The van der Waals surface area contributed by atoms with Crippen molar-refractivity contribution in [3.05, 3.63) is 60.6 Å². The zero-order valence-electron chi connectivity index (χ0n) is 13.0. The summed E-state index contributed by atoms with van der Waals surface area (Å²) in [6.45, 7) is 8.87. The number of hydrogen-bond donors (Lipinski definition) is 0. The molecule has 0 radical (unpaired) electrons. The first-order valence-electron chi connectivity index (χ1n) is 7.41. The minimum absolute atomic E-state index is 0.180. The van der Waals surface area contributed by atoms with Crippen LogP contribution in [0.5, 0.6) is 0 Å². The Labute approximate surface area is 131 Å². The molecule has 0 amide bonds. The van der Waals surface area contributed by atoms with E-state index in [0.717, 1.165) is 43.8 Å². The summed E-state index contributed by atoms with van der Waals surface area (Å²) in [7, 11) is 0. The highest BCUT2D eigenvalue weighted by Crippen LogP contribution is 2.20. The SMILES string of the molecule is C=COC(=O)c1cccc(CCCCCC)c1C(=O)OC=C. The molecule has 0 saturated heterocycles. The van der Waals surface area contributed by atoms with Gasteiger partial charge in [0.05, 0.1) is 23.7 Å². The lowest BCUT2D eigenvalue weighted by Crippen LogP contribution is -2.14. The van der Waals surface area contributed by atoms with Crippen molar-refractivity contribution >= 4 is 11.9 Å². The van der Waals surface area contributed by atoms with Gasteiger partial charge in [0, 0.05) is 0 Å². The molecular formula is C18H22O4. The van der Waals surface area contributed by atoms with Gasteiger partial charge in [0.25, 0.3) is 0 Å². The van der Waals surface area contributed by atoms with Gasteiger partial charge in [0.15, 0.2) is 0 Å². The molecule has 118 valence electrons. The second kappa shape index (κ2) is 9.55. The maximum absolute atomic E-state index is 12.2. The van der Waals surface area contributed by atoms with Gasteiger partial charge >= 0.3 is 11.9 Å². The maximum Gasteiger partial charge on any atom is 0.344 e. The van der Waals surface area contributed by atoms with E-state index >= 15 is 0 Å². The predicted octanol–water partition coefficient (Wildman–Crippen LogP) is 4.41. The molecule has 0 saturated carbocycles. The van der Waals surface area contributed by atoms with Crippen LogP contribution in [0.2, 0.25) is 0 Å².